The molecule has 0 fully saturated rings. The van der Waals surface area contributed by atoms with Gasteiger partial charge in [-0.25, -0.2) is 14.8 Å². The van der Waals surface area contributed by atoms with Gasteiger partial charge in [-0.1, -0.05) is 18.9 Å². The SMILES string of the molecule is O=C(NO)c1ccc2c(n1)CCN(S)C2. The molecule has 1 aromatic rings. The van der Waals surface area contributed by atoms with E-state index < -0.39 is 5.91 Å². The molecule has 80 valence electrons. The van der Waals surface area contributed by atoms with Crippen molar-refractivity contribution in [1.82, 2.24) is 14.8 Å². The molecule has 1 amide bonds. The lowest BCUT2D eigenvalue weighted by Crippen LogP contribution is -2.26. The molecule has 1 aliphatic heterocycles. The van der Waals surface area contributed by atoms with Gasteiger partial charge in [0.25, 0.3) is 5.91 Å². The van der Waals surface area contributed by atoms with Crippen LogP contribution in [0, 0.1) is 0 Å². The standard InChI is InChI=1S/C9H11N3O2S/c13-9(11-14)8-2-1-6-5-12(15)4-3-7(6)10-8/h1-2,14-15H,3-5H2,(H,11,13). The number of nitrogens with one attached hydrogen (secondary N) is 1. The van der Waals surface area contributed by atoms with Gasteiger partial charge in [-0.3, -0.25) is 10.0 Å². The summed E-state index contributed by atoms with van der Waals surface area (Å²) in [7, 11) is 0. The van der Waals surface area contributed by atoms with Crippen molar-refractivity contribution >= 4 is 18.7 Å². The molecule has 0 aromatic carbocycles. The summed E-state index contributed by atoms with van der Waals surface area (Å²) in [5.74, 6) is -0.578. The summed E-state index contributed by atoms with van der Waals surface area (Å²) in [4.78, 5) is 15.3. The van der Waals surface area contributed by atoms with Crippen LogP contribution >= 0.6 is 12.8 Å². The third-order valence-corrected chi connectivity index (χ3v) is 2.70. The van der Waals surface area contributed by atoms with E-state index in [1.807, 2.05) is 10.4 Å². The van der Waals surface area contributed by atoms with Crippen molar-refractivity contribution in [3.63, 3.8) is 0 Å². The third kappa shape index (κ3) is 2.11. The lowest BCUT2D eigenvalue weighted by Gasteiger charge is -2.22. The Labute approximate surface area is 92.6 Å². The number of pyridine rings is 1. The van der Waals surface area contributed by atoms with Gasteiger partial charge < -0.3 is 0 Å². The second-order valence-corrected chi connectivity index (χ2v) is 3.95. The highest BCUT2D eigenvalue weighted by molar-refractivity contribution is 7.77. The number of carbonyl (C=O) groups is 1. The van der Waals surface area contributed by atoms with Crippen LogP contribution in [0.1, 0.15) is 21.7 Å². The number of thiol groups is 1. The zero-order valence-corrected chi connectivity index (χ0v) is 8.87. The van der Waals surface area contributed by atoms with E-state index in [-0.39, 0.29) is 5.69 Å². The molecule has 2 heterocycles. The Morgan fingerprint density at radius 2 is 2.40 bits per heavy atom. The Kier molecular flexibility index (Phi) is 2.90. The number of amides is 1. The van der Waals surface area contributed by atoms with Crippen LogP contribution in [0.15, 0.2) is 12.1 Å². The average Bonchev–Trinajstić information content (AvgIpc) is 2.27. The fraction of sp³-hybridized carbons (Fsp3) is 0.333. The van der Waals surface area contributed by atoms with Gasteiger partial charge in [0.1, 0.15) is 5.69 Å². The molecule has 0 saturated heterocycles. The van der Waals surface area contributed by atoms with Gasteiger partial charge in [0, 0.05) is 25.2 Å². The lowest BCUT2D eigenvalue weighted by molar-refractivity contribution is 0.0700. The van der Waals surface area contributed by atoms with E-state index in [0.29, 0.717) is 0 Å². The number of carbonyl (C=O) groups excluding carboxylic acids is 1. The van der Waals surface area contributed by atoms with Crippen LogP contribution in [0.25, 0.3) is 0 Å². The summed E-state index contributed by atoms with van der Waals surface area (Å²) in [6.45, 7) is 1.54. The van der Waals surface area contributed by atoms with E-state index >= 15 is 0 Å². The minimum Gasteiger partial charge on any atom is -0.288 e. The lowest BCUT2D eigenvalue weighted by atomic mass is 10.1. The quantitative estimate of drug-likeness (QED) is 0.368. The topological polar surface area (TPSA) is 65.5 Å². The highest BCUT2D eigenvalue weighted by Gasteiger charge is 2.16. The molecule has 0 unspecified atom stereocenters. The van der Waals surface area contributed by atoms with Crippen molar-refractivity contribution in [1.29, 1.82) is 0 Å². The Morgan fingerprint density at radius 3 is 3.13 bits per heavy atom. The van der Waals surface area contributed by atoms with Crippen LogP contribution in [-0.4, -0.2) is 26.9 Å². The summed E-state index contributed by atoms with van der Waals surface area (Å²) < 4.78 is 1.90. The largest absolute Gasteiger partial charge is 0.293 e. The normalized spacial score (nSPS) is 15.9. The van der Waals surface area contributed by atoms with Crippen LogP contribution in [-0.2, 0) is 13.0 Å². The van der Waals surface area contributed by atoms with E-state index in [2.05, 4.69) is 17.8 Å². The van der Waals surface area contributed by atoms with Crippen LogP contribution in [0.4, 0.5) is 0 Å². The number of nitrogens with zero attached hydrogens (tertiary/aromatic N) is 2. The van der Waals surface area contributed by atoms with Gasteiger partial charge in [0.2, 0.25) is 0 Å². The van der Waals surface area contributed by atoms with Crippen LogP contribution in [0.5, 0.6) is 0 Å². The molecule has 2 N–H and O–H groups in total. The highest BCUT2D eigenvalue weighted by atomic mass is 32.1. The Hall–Kier alpha value is -1.11. The van der Waals surface area contributed by atoms with Gasteiger partial charge in [-0.05, 0) is 11.6 Å². The molecule has 0 spiro atoms. The number of fused-ring (bicyclic) bond motifs is 1. The zero-order chi connectivity index (χ0) is 10.8. The molecular formula is C9H11N3O2S. The molecule has 0 saturated carbocycles. The van der Waals surface area contributed by atoms with Gasteiger partial charge in [-0.15, -0.1) is 0 Å². The molecule has 2 rings (SSSR count). The molecule has 6 heteroatoms. The molecule has 0 radical (unpaired) electrons. The number of hydrogen-bond donors (Lipinski definition) is 3. The van der Waals surface area contributed by atoms with Gasteiger partial charge >= 0.3 is 0 Å². The summed E-state index contributed by atoms with van der Waals surface area (Å²) in [6, 6.07) is 3.44. The second-order valence-electron chi connectivity index (χ2n) is 3.38. The highest BCUT2D eigenvalue weighted by Crippen LogP contribution is 2.18. The fourth-order valence-corrected chi connectivity index (χ4v) is 1.84. The predicted molar refractivity (Wildman–Crippen MR) is 56.6 cm³/mol. The van der Waals surface area contributed by atoms with Gasteiger partial charge in [-0.2, -0.15) is 0 Å². The number of hydroxylamine groups is 1. The van der Waals surface area contributed by atoms with Crippen molar-refractivity contribution in [2.45, 2.75) is 13.0 Å². The van der Waals surface area contributed by atoms with Gasteiger partial charge in [0.15, 0.2) is 0 Å². The van der Waals surface area contributed by atoms with Crippen LogP contribution in [0.3, 0.4) is 0 Å². The van der Waals surface area contributed by atoms with Crippen molar-refractivity contribution in [2.24, 2.45) is 0 Å². The zero-order valence-electron chi connectivity index (χ0n) is 7.97. The summed E-state index contributed by atoms with van der Waals surface area (Å²) in [5, 5.41) is 8.47. The Morgan fingerprint density at radius 1 is 1.60 bits per heavy atom. The van der Waals surface area contributed by atoms with E-state index in [9.17, 15) is 4.79 Å². The summed E-state index contributed by atoms with van der Waals surface area (Å²) >= 11 is 4.26. The van der Waals surface area contributed by atoms with Crippen molar-refractivity contribution in [3.8, 4) is 0 Å². The first kappa shape index (κ1) is 10.4. The maximum Gasteiger partial charge on any atom is 0.293 e. The monoisotopic (exact) mass is 225 g/mol. The van der Waals surface area contributed by atoms with Crippen molar-refractivity contribution in [3.05, 3.63) is 29.1 Å². The second kappa shape index (κ2) is 4.18. The first-order valence-corrected chi connectivity index (χ1v) is 4.98. The molecule has 1 aliphatic rings. The molecule has 15 heavy (non-hydrogen) atoms. The molecule has 5 nitrogen and oxygen atoms in total. The van der Waals surface area contributed by atoms with Crippen LogP contribution < -0.4 is 5.48 Å². The molecule has 1 aromatic heterocycles. The van der Waals surface area contributed by atoms with Crippen molar-refractivity contribution < 1.29 is 10.0 Å². The minimum absolute atomic E-state index is 0.240. The average molecular weight is 225 g/mol. The molecule has 0 bridgehead atoms. The number of rotatable bonds is 1. The van der Waals surface area contributed by atoms with E-state index in [1.54, 1.807) is 11.5 Å². The van der Waals surface area contributed by atoms with Crippen LogP contribution in [0.2, 0.25) is 0 Å². The van der Waals surface area contributed by atoms with Gasteiger partial charge in [0.05, 0.1) is 0 Å². The number of hydrogen-bond acceptors (Lipinski definition) is 5. The minimum atomic E-state index is -0.578. The van der Waals surface area contributed by atoms with E-state index in [1.165, 1.54) is 0 Å². The third-order valence-electron chi connectivity index (χ3n) is 2.36. The van der Waals surface area contributed by atoms with Crippen molar-refractivity contribution in [2.75, 3.05) is 6.54 Å². The smallest absolute Gasteiger partial charge is 0.288 e. The Balaban J connectivity index is 2.30. The maximum atomic E-state index is 11.1. The maximum absolute atomic E-state index is 11.1. The first-order valence-electron chi connectivity index (χ1n) is 4.58. The molecule has 0 aliphatic carbocycles. The Bertz CT molecular complexity index is 397. The fourth-order valence-electron chi connectivity index (χ4n) is 1.58. The summed E-state index contributed by atoms with van der Waals surface area (Å²) in [5.41, 5.74) is 3.79. The first-order chi connectivity index (χ1) is 7.20. The summed E-state index contributed by atoms with van der Waals surface area (Å²) in [6.07, 6.45) is 0.769. The molecule has 0 atom stereocenters. The molecular weight excluding hydrogens is 214 g/mol. The number of aromatic nitrogens is 1. The van der Waals surface area contributed by atoms with E-state index in [4.69, 9.17) is 5.21 Å². The van der Waals surface area contributed by atoms with E-state index in [0.717, 1.165) is 30.8 Å². The predicted octanol–water partition coefficient (Wildman–Crippen LogP) is 0.404.